The molecular weight excluding hydrogens is 356 g/mol. The van der Waals surface area contributed by atoms with Gasteiger partial charge in [0.25, 0.3) is 5.91 Å². The molecule has 0 heterocycles. The summed E-state index contributed by atoms with van der Waals surface area (Å²) < 4.78 is 14.8. The highest BCUT2D eigenvalue weighted by molar-refractivity contribution is 5.89. The van der Waals surface area contributed by atoms with E-state index in [0.717, 1.165) is 5.56 Å². The van der Waals surface area contributed by atoms with Gasteiger partial charge >= 0.3 is 11.7 Å². The van der Waals surface area contributed by atoms with Crippen LogP contribution in [0.4, 0.5) is 5.69 Å². The molecule has 2 rings (SSSR count). The van der Waals surface area contributed by atoms with Crippen molar-refractivity contribution in [1.29, 1.82) is 0 Å². The quantitative estimate of drug-likeness (QED) is 0.427. The molecule has 0 aliphatic carbocycles. The number of carbonyl (C=O) groups is 2. The maximum absolute atomic E-state index is 11.9. The van der Waals surface area contributed by atoms with Crippen molar-refractivity contribution >= 4 is 17.6 Å². The smallest absolute Gasteiger partial charge is 0.337 e. The standard InChI is InChI=1S/C18H18N2O7/c1-25-14-7-8-16(15(9-14)20(23)24)27-11-17(21)19-10-12-3-5-13(6-4-12)18(22)26-2/h3-9H,10-11H2,1-2H3,(H,19,21). The third-order valence-electron chi connectivity index (χ3n) is 3.59. The van der Waals surface area contributed by atoms with Gasteiger partial charge in [0.2, 0.25) is 0 Å². The van der Waals surface area contributed by atoms with Crippen LogP contribution in [0.5, 0.6) is 11.5 Å². The van der Waals surface area contributed by atoms with E-state index in [-0.39, 0.29) is 24.6 Å². The first-order valence-corrected chi connectivity index (χ1v) is 7.83. The molecule has 27 heavy (non-hydrogen) atoms. The molecule has 2 aromatic carbocycles. The summed E-state index contributed by atoms with van der Waals surface area (Å²) in [5, 5.41) is 13.7. The zero-order valence-electron chi connectivity index (χ0n) is 14.8. The highest BCUT2D eigenvalue weighted by atomic mass is 16.6. The molecule has 142 valence electrons. The Morgan fingerprint density at radius 3 is 2.41 bits per heavy atom. The number of hydrogen-bond donors (Lipinski definition) is 1. The molecule has 1 amide bonds. The number of amides is 1. The van der Waals surface area contributed by atoms with E-state index >= 15 is 0 Å². The van der Waals surface area contributed by atoms with E-state index in [1.54, 1.807) is 24.3 Å². The third-order valence-corrected chi connectivity index (χ3v) is 3.59. The Morgan fingerprint density at radius 2 is 1.81 bits per heavy atom. The highest BCUT2D eigenvalue weighted by Crippen LogP contribution is 2.30. The molecule has 9 nitrogen and oxygen atoms in total. The fourth-order valence-corrected chi connectivity index (χ4v) is 2.16. The predicted octanol–water partition coefficient (Wildman–Crippen LogP) is 2.09. The molecule has 0 saturated carbocycles. The molecule has 1 N–H and O–H groups in total. The van der Waals surface area contributed by atoms with Gasteiger partial charge in [-0.05, 0) is 29.8 Å². The summed E-state index contributed by atoms with van der Waals surface area (Å²) in [6.45, 7) is -0.165. The lowest BCUT2D eigenvalue weighted by Crippen LogP contribution is -2.28. The van der Waals surface area contributed by atoms with Crippen LogP contribution in [0.25, 0.3) is 0 Å². The number of carbonyl (C=O) groups excluding carboxylic acids is 2. The van der Waals surface area contributed by atoms with E-state index in [1.807, 2.05) is 0 Å². The molecule has 2 aromatic rings. The molecule has 0 fully saturated rings. The van der Waals surface area contributed by atoms with Crippen molar-refractivity contribution in [2.24, 2.45) is 0 Å². The largest absolute Gasteiger partial charge is 0.496 e. The number of nitrogens with one attached hydrogen (secondary N) is 1. The van der Waals surface area contributed by atoms with Crippen molar-refractivity contribution < 1.29 is 28.7 Å². The van der Waals surface area contributed by atoms with Gasteiger partial charge in [0, 0.05) is 6.54 Å². The topological polar surface area (TPSA) is 117 Å². The summed E-state index contributed by atoms with van der Waals surface area (Å²) in [5.74, 6) is -0.607. The zero-order chi connectivity index (χ0) is 19.8. The van der Waals surface area contributed by atoms with Crippen LogP contribution in [-0.4, -0.2) is 37.6 Å². The second-order valence-corrected chi connectivity index (χ2v) is 5.34. The number of benzene rings is 2. The average Bonchev–Trinajstić information content (AvgIpc) is 2.70. The highest BCUT2D eigenvalue weighted by Gasteiger charge is 2.17. The summed E-state index contributed by atoms with van der Waals surface area (Å²) in [6.07, 6.45) is 0. The Morgan fingerprint density at radius 1 is 1.11 bits per heavy atom. The van der Waals surface area contributed by atoms with Gasteiger partial charge in [-0.2, -0.15) is 0 Å². The minimum Gasteiger partial charge on any atom is -0.496 e. The number of ether oxygens (including phenoxy) is 3. The van der Waals surface area contributed by atoms with E-state index in [9.17, 15) is 19.7 Å². The van der Waals surface area contributed by atoms with Gasteiger partial charge in [-0.25, -0.2) is 4.79 Å². The zero-order valence-corrected chi connectivity index (χ0v) is 14.8. The van der Waals surface area contributed by atoms with Gasteiger partial charge in [-0.1, -0.05) is 12.1 Å². The molecule has 0 saturated heterocycles. The van der Waals surface area contributed by atoms with Gasteiger partial charge in [0.05, 0.1) is 30.8 Å². The number of nitrogens with zero attached hydrogens (tertiary/aromatic N) is 1. The molecule has 0 atom stereocenters. The van der Waals surface area contributed by atoms with Crippen LogP contribution >= 0.6 is 0 Å². The van der Waals surface area contributed by atoms with Crippen LogP contribution in [0.3, 0.4) is 0 Å². The van der Waals surface area contributed by atoms with Gasteiger partial charge in [-0.3, -0.25) is 14.9 Å². The van der Waals surface area contributed by atoms with Gasteiger partial charge in [-0.15, -0.1) is 0 Å². The molecule has 0 radical (unpaired) electrons. The van der Waals surface area contributed by atoms with E-state index in [4.69, 9.17) is 9.47 Å². The monoisotopic (exact) mass is 374 g/mol. The van der Waals surface area contributed by atoms with Crippen molar-refractivity contribution in [1.82, 2.24) is 5.32 Å². The van der Waals surface area contributed by atoms with Crippen LogP contribution in [0.15, 0.2) is 42.5 Å². The second kappa shape index (κ2) is 9.18. The number of rotatable bonds is 8. The fraction of sp³-hybridized carbons (Fsp3) is 0.222. The Labute approximate surface area is 155 Å². The second-order valence-electron chi connectivity index (χ2n) is 5.34. The Kier molecular flexibility index (Phi) is 6.70. The summed E-state index contributed by atoms with van der Waals surface area (Å²) in [7, 11) is 2.69. The van der Waals surface area contributed by atoms with Gasteiger partial charge < -0.3 is 19.5 Å². The molecule has 0 aliphatic rings. The summed E-state index contributed by atoms with van der Waals surface area (Å²) in [6, 6.07) is 10.6. The number of methoxy groups -OCH3 is 2. The van der Waals surface area contributed by atoms with Gasteiger partial charge in [0.15, 0.2) is 12.4 Å². The molecule has 0 aliphatic heterocycles. The van der Waals surface area contributed by atoms with Crippen LogP contribution in [-0.2, 0) is 16.1 Å². The summed E-state index contributed by atoms with van der Waals surface area (Å²) in [4.78, 5) is 33.7. The molecule has 0 spiro atoms. The van der Waals surface area contributed by atoms with Crippen molar-refractivity contribution in [3.63, 3.8) is 0 Å². The number of nitro groups is 1. The van der Waals surface area contributed by atoms with Crippen LogP contribution in [0, 0.1) is 10.1 Å². The Bertz CT molecular complexity index is 834. The number of esters is 1. The van der Waals surface area contributed by atoms with Crippen molar-refractivity contribution in [2.75, 3.05) is 20.8 Å². The minimum absolute atomic E-state index is 0.0293. The molecule has 0 unspecified atom stereocenters. The molecule has 0 aromatic heterocycles. The minimum atomic E-state index is -0.612. The van der Waals surface area contributed by atoms with E-state index in [2.05, 4.69) is 10.1 Å². The van der Waals surface area contributed by atoms with Crippen LogP contribution in [0.1, 0.15) is 15.9 Å². The van der Waals surface area contributed by atoms with Gasteiger partial charge in [0.1, 0.15) is 5.75 Å². The van der Waals surface area contributed by atoms with Crippen molar-refractivity contribution in [3.05, 3.63) is 63.7 Å². The van der Waals surface area contributed by atoms with E-state index in [1.165, 1.54) is 32.4 Å². The normalized spacial score (nSPS) is 10.0. The first kappa shape index (κ1) is 19.7. The lowest BCUT2D eigenvalue weighted by atomic mass is 10.1. The number of nitro benzene ring substituents is 1. The third kappa shape index (κ3) is 5.43. The number of hydrogen-bond acceptors (Lipinski definition) is 7. The summed E-state index contributed by atoms with van der Waals surface area (Å²) >= 11 is 0. The van der Waals surface area contributed by atoms with E-state index < -0.39 is 16.8 Å². The fourth-order valence-electron chi connectivity index (χ4n) is 2.16. The first-order valence-electron chi connectivity index (χ1n) is 7.83. The molecular formula is C18H18N2O7. The lowest BCUT2D eigenvalue weighted by Gasteiger charge is -2.09. The summed E-state index contributed by atoms with van der Waals surface area (Å²) in [5.41, 5.74) is 0.884. The maximum atomic E-state index is 11.9. The molecule has 9 heteroatoms. The Hall–Kier alpha value is -3.62. The SMILES string of the molecule is COC(=O)c1ccc(CNC(=O)COc2ccc(OC)cc2[N+](=O)[O-])cc1. The Balaban J connectivity index is 1.89. The van der Waals surface area contributed by atoms with Crippen molar-refractivity contribution in [3.8, 4) is 11.5 Å². The average molecular weight is 374 g/mol. The predicted molar refractivity (Wildman–Crippen MR) is 94.8 cm³/mol. The van der Waals surface area contributed by atoms with Crippen molar-refractivity contribution in [2.45, 2.75) is 6.54 Å². The molecule has 0 bridgehead atoms. The maximum Gasteiger partial charge on any atom is 0.337 e. The van der Waals surface area contributed by atoms with Crippen LogP contribution in [0.2, 0.25) is 0 Å². The van der Waals surface area contributed by atoms with E-state index in [0.29, 0.717) is 11.3 Å². The first-order chi connectivity index (χ1) is 12.9. The van der Waals surface area contributed by atoms with Crippen LogP contribution < -0.4 is 14.8 Å². The lowest BCUT2D eigenvalue weighted by molar-refractivity contribution is -0.385.